The number of carbonyl (C=O) groups is 1. The summed E-state index contributed by atoms with van der Waals surface area (Å²) in [4.78, 5) is 15.0. The van der Waals surface area contributed by atoms with E-state index in [1.807, 2.05) is 18.2 Å². The number of hydrogen-bond donors (Lipinski definition) is 1. The van der Waals surface area contributed by atoms with Crippen molar-refractivity contribution in [1.29, 1.82) is 0 Å². The van der Waals surface area contributed by atoms with Crippen LogP contribution in [0, 0.1) is 23.2 Å². The van der Waals surface area contributed by atoms with Gasteiger partial charge in [-0.1, -0.05) is 62.2 Å². The zero-order valence-electron chi connectivity index (χ0n) is 17.1. The Morgan fingerprint density at radius 2 is 2.07 bits per heavy atom. The number of hydrogen-bond acceptors (Lipinski definition) is 4. The van der Waals surface area contributed by atoms with Gasteiger partial charge < -0.3 is 9.84 Å². The molecule has 1 saturated heterocycles. The average Bonchev–Trinajstić information content (AvgIpc) is 2.95. The van der Waals surface area contributed by atoms with Crippen LogP contribution in [0.25, 0.3) is 0 Å². The third-order valence-electron chi connectivity index (χ3n) is 7.20. The van der Waals surface area contributed by atoms with Crippen LogP contribution in [0.15, 0.2) is 42.0 Å². The first kappa shape index (κ1) is 19.7. The van der Waals surface area contributed by atoms with Gasteiger partial charge in [0.1, 0.15) is 6.10 Å². The maximum Gasteiger partial charge on any atom is 0.311 e. The number of ether oxygens (including phenoxy) is 1. The number of carbonyl (C=O) groups excluding carboxylic acids is 1. The fraction of sp³-hybridized carbons (Fsp3) is 0.625. The van der Waals surface area contributed by atoms with Crippen molar-refractivity contribution < 1.29 is 14.6 Å². The van der Waals surface area contributed by atoms with Crippen molar-refractivity contribution in [3.8, 4) is 0 Å². The zero-order valence-corrected chi connectivity index (χ0v) is 17.1. The fourth-order valence-corrected chi connectivity index (χ4v) is 5.75. The number of aliphatic hydroxyl groups is 1. The van der Waals surface area contributed by atoms with Crippen LogP contribution >= 0.6 is 0 Å². The number of esters is 1. The SMILES string of the molecule is C[C@H]1CCC[C@]2(C)C[C@H]3OC(=O)[C@@H](CN(CCO)Cc4ccccc4)[C@H]3C=C12. The van der Waals surface area contributed by atoms with Crippen molar-refractivity contribution in [3.05, 3.63) is 47.5 Å². The number of allylic oxidation sites excluding steroid dienone is 1. The van der Waals surface area contributed by atoms with Gasteiger partial charge in [-0.15, -0.1) is 0 Å². The smallest absolute Gasteiger partial charge is 0.311 e. The van der Waals surface area contributed by atoms with E-state index in [0.29, 0.717) is 19.0 Å². The van der Waals surface area contributed by atoms with Crippen LogP contribution in [0.4, 0.5) is 0 Å². The average molecular weight is 384 g/mol. The van der Waals surface area contributed by atoms with Crippen LogP contribution in [0.5, 0.6) is 0 Å². The molecule has 152 valence electrons. The van der Waals surface area contributed by atoms with Crippen molar-refractivity contribution in [3.63, 3.8) is 0 Å². The second-order valence-corrected chi connectivity index (χ2v) is 9.28. The van der Waals surface area contributed by atoms with E-state index < -0.39 is 0 Å². The lowest BCUT2D eigenvalue weighted by Crippen LogP contribution is -2.41. The summed E-state index contributed by atoms with van der Waals surface area (Å²) in [7, 11) is 0. The minimum Gasteiger partial charge on any atom is -0.461 e. The molecule has 4 rings (SSSR count). The van der Waals surface area contributed by atoms with Crippen LogP contribution in [0.3, 0.4) is 0 Å². The van der Waals surface area contributed by atoms with Gasteiger partial charge in [-0.05, 0) is 36.2 Å². The van der Waals surface area contributed by atoms with E-state index in [0.717, 1.165) is 13.0 Å². The van der Waals surface area contributed by atoms with Gasteiger partial charge in [0, 0.05) is 25.6 Å². The normalized spacial score (nSPS) is 34.6. The molecular formula is C24H33NO3. The van der Waals surface area contributed by atoms with Gasteiger partial charge in [-0.3, -0.25) is 9.69 Å². The molecule has 0 radical (unpaired) electrons. The maximum atomic E-state index is 12.8. The molecule has 1 N–H and O–H groups in total. The topological polar surface area (TPSA) is 49.8 Å². The molecule has 0 amide bonds. The first-order chi connectivity index (χ1) is 13.5. The lowest BCUT2D eigenvalue weighted by Gasteiger charge is -2.46. The second kappa shape index (κ2) is 8.00. The summed E-state index contributed by atoms with van der Waals surface area (Å²) in [6.45, 7) is 6.75. The van der Waals surface area contributed by atoms with E-state index in [1.54, 1.807) is 5.57 Å². The van der Waals surface area contributed by atoms with Gasteiger partial charge in [-0.25, -0.2) is 0 Å². The minimum absolute atomic E-state index is 0.0178. The van der Waals surface area contributed by atoms with E-state index in [2.05, 4.69) is 37.0 Å². The Bertz CT molecular complexity index is 731. The van der Waals surface area contributed by atoms with Gasteiger partial charge in [-0.2, -0.15) is 0 Å². The quantitative estimate of drug-likeness (QED) is 0.600. The molecule has 1 heterocycles. The lowest BCUT2D eigenvalue weighted by molar-refractivity contribution is -0.145. The van der Waals surface area contributed by atoms with E-state index in [4.69, 9.17) is 4.74 Å². The highest BCUT2D eigenvalue weighted by Gasteiger charge is 2.51. The molecule has 0 unspecified atom stereocenters. The number of aliphatic hydroxyl groups excluding tert-OH is 1. The van der Waals surface area contributed by atoms with Crippen LogP contribution < -0.4 is 0 Å². The van der Waals surface area contributed by atoms with Crippen molar-refractivity contribution in [2.45, 2.75) is 52.2 Å². The molecular weight excluding hydrogens is 350 g/mol. The highest BCUT2D eigenvalue weighted by atomic mass is 16.6. The third-order valence-corrected chi connectivity index (χ3v) is 7.20. The summed E-state index contributed by atoms with van der Waals surface area (Å²) in [5, 5.41) is 9.54. The third kappa shape index (κ3) is 3.77. The molecule has 4 nitrogen and oxygen atoms in total. The van der Waals surface area contributed by atoms with E-state index >= 15 is 0 Å². The van der Waals surface area contributed by atoms with Crippen LogP contribution in [0.2, 0.25) is 0 Å². The summed E-state index contributed by atoms with van der Waals surface area (Å²) in [6, 6.07) is 10.3. The Labute approximate surface area is 168 Å². The predicted octanol–water partition coefficient (Wildman–Crippen LogP) is 3.80. The summed E-state index contributed by atoms with van der Waals surface area (Å²) >= 11 is 0. The van der Waals surface area contributed by atoms with E-state index in [1.165, 1.54) is 24.8 Å². The molecule has 3 aliphatic rings. The van der Waals surface area contributed by atoms with Crippen LogP contribution in [0.1, 0.15) is 45.1 Å². The van der Waals surface area contributed by atoms with Crippen molar-refractivity contribution >= 4 is 5.97 Å². The molecule has 1 saturated carbocycles. The summed E-state index contributed by atoms with van der Waals surface area (Å²) in [5.74, 6) is 0.589. The van der Waals surface area contributed by atoms with Gasteiger partial charge in [0.15, 0.2) is 0 Å². The molecule has 1 aromatic carbocycles. The maximum absolute atomic E-state index is 12.8. The Morgan fingerprint density at radius 1 is 1.29 bits per heavy atom. The first-order valence-electron chi connectivity index (χ1n) is 10.8. The van der Waals surface area contributed by atoms with Gasteiger partial charge in [0.2, 0.25) is 0 Å². The van der Waals surface area contributed by atoms with Crippen LogP contribution in [-0.4, -0.2) is 41.8 Å². The summed E-state index contributed by atoms with van der Waals surface area (Å²) in [5.41, 5.74) is 2.96. The number of rotatable bonds is 6. The highest BCUT2D eigenvalue weighted by molar-refractivity contribution is 5.76. The van der Waals surface area contributed by atoms with Gasteiger partial charge >= 0.3 is 5.97 Å². The summed E-state index contributed by atoms with van der Waals surface area (Å²) in [6.07, 6.45) is 7.12. The van der Waals surface area contributed by atoms with Crippen molar-refractivity contribution in [2.24, 2.45) is 23.2 Å². The number of fused-ring (bicyclic) bond motifs is 2. The summed E-state index contributed by atoms with van der Waals surface area (Å²) < 4.78 is 5.88. The standard InChI is InChI=1S/C24H33NO3/c1-17-7-6-10-24(2)14-22-19(13-21(17)24)20(23(27)28-22)16-25(11-12-26)15-18-8-4-3-5-9-18/h3-5,8-9,13,17,19-20,22,26H,6-7,10-12,14-16H2,1-2H3/t17-,19+,20-,22+,24+/m0/s1. The first-order valence-corrected chi connectivity index (χ1v) is 10.8. The molecule has 2 fully saturated rings. The lowest BCUT2D eigenvalue weighted by atomic mass is 9.59. The molecule has 28 heavy (non-hydrogen) atoms. The van der Waals surface area contributed by atoms with Crippen molar-refractivity contribution in [1.82, 2.24) is 4.90 Å². The monoisotopic (exact) mass is 383 g/mol. The molecule has 0 aromatic heterocycles. The second-order valence-electron chi connectivity index (χ2n) is 9.28. The Balaban J connectivity index is 1.54. The van der Waals surface area contributed by atoms with E-state index in [-0.39, 0.29) is 35.9 Å². The highest BCUT2D eigenvalue weighted by Crippen LogP contribution is 2.54. The predicted molar refractivity (Wildman–Crippen MR) is 109 cm³/mol. The number of benzene rings is 1. The zero-order chi connectivity index (χ0) is 19.7. The molecule has 4 heteroatoms. The largest absolute Gasteiger partial charge is 0.461 e. The Kier molecular flexibility index (Phi) is 5.62. The van der Waals surface area contributed by atoms with Gasteiger partial charge in [0.25, 0.3) is 0 Å². The molecule has 0 spiro atoms. The van der Waals surface area contributed by atoms with Crippen LogP contribution in [-0.2, 0) is 16.1 Å². The fourth-order valence-electron chi connectivity index (χ4n) is 5.75. The van der Waals surface area contributed by atoms with Gasteiger partial charge in [0.05, 0.1) is 12.5 Å². The Hall–Kier alpha value is -1.65. The minimum atomic E-state index is -0.133. The Morgan fingerprint density at radius 3 is 2.82 bits per heavy atom. The molecule has 0 bridgehead atoms. The molecule has 5 atom stereocenters. The molecule has 1 aliphatic heterocycles. The number of nitrogens with zero attached hydrogens (tertiary/aromatic N) is 1. The molecule has 2 aliphatic carbocycles. The van der Waals surface area contributed by atoms with Crippen molar-refractivity contribution in [2.75, 3.05) is 19.7 Å². The van der Waals surface area contributed by atoms with E-state index in [9.17, 15) is 9.90 Å². The molecule has 1 aromatic rings.